The number of hydrogen-bond acceptors (Lipinski definition) is 4. The summed E-state index contributed by atoms with van der Waals surface area (Å²) in [7, 11) is -3.65. The van der Waals surface area contributed by atoms with E-state index >= 15 is 0 Å². The molecule has 0 radical (unpaired) electrons. The molecule has 0 saturated heterocycles. The average Bonchev–Trinajstić information content (AvgIpc) is 3.19. The Kier molecular flexibility index (Phi) is 16.0. The number of aliphatic hydroxyl groups excluding tert-OH is 1. The van der Waals surface area contributed by atoms with Crippen LogP contribution >= 0.6 is 0 Å². The summed E-state index contributed by atoms with van der Waals surface area (Å²) in [6, 6.07) is 6.75. The smallest absolute Gasteiger partial charge is 0.303 e. The number of unbranched alkanes of at least 4 members (excludes halogenated alkanes) is 2. The van der Waals surface area contributed by atoms with Gasteiger partial charge in [0.05, 0.1) is 18.3 Å². The van der Waals surface area contributed by atoms with Gasteiger partial charge < -0.3 is 19.1 Å². The van der Waals surface area contributed by atoms with Crippen LogP contribution in [0.5, 0.6) is 0 Å². The maximum atomic E-state index is 11.3. The zero-order valence-electron chi connectivity index (χ0n) is 24.6. The molecule has 2 N–H and O–H groups in total. The summed E-state index contributed by atoms with van der Waals surface area (Å²) in [5, 5.41) is 20.2. The van der Waals surface area contributed by atoms with Crippen molar-refractivity contribution in [2.24, 2.45) is 11.8 Å². The number of aliphatic hydroxyl groups is 1. The van der Waals surface area contributed by atoms with Crippen molar-refractivity contribution >= 4 is 22.6 Å². The van der Waals surface area contributed by atoms with Gasteiger partial charge in [-0.05, 0) is 74.3 Å². The van der Waals surface area contributed by atoms with Gasteiger partial charge in [-0.3, -0.25) is 4.79 Å². The Bertz CT molecular complexity index is 617. The number of carbonyl (C=O) groups is 1. The van der Waals surface area contributed by atoms with Crippen molar-refractivity contribution in [2.75, 3.05) is 0 Å². The highest BCUT2D eigenvalue weighted by atomic mass is 28.4. The highest BCUT2D eigenvalue weighted by molar-refractivity contribution is 6.74. The van der Waals surface area contributed by atoms with Gasteiger partial charge in [0.2, 0.25) is 0 Å². The van der Waals surface area contributed by atoms with Crippen molar-refractivity contribution in [2.45, 2.75) is 154 Å². The molecule has 1 aliphatic rings. The van der Waals surface area contributed by atoms with E-state index in [4.69, 9.17) is 14.0 Å². The molecule has 36 heavy (non-hydrogen) atoms. The maximum absolute atomic E-state index is 11.3. The molecule has 0 bridgehead atoms. The summed E-state index contributed by atoms with van der Waals surface area (Å²) in [5.74, 6) is -0.401. The monoisotopic (exact) mass is 542 g/mol. The van der Waals surface area contributed by atoms with E-state index in [0.29, 0.717) is 12.8 Å². The highest BCUT2D eigenvalue weighted by Gasteiger charge is 2.50. The second-order valence-electron chi connectivity index (χ2n) is 11.0. The first-order chi connectivity index (χ1) is 17.2. The average molecular weight is 543 g/mol. The third-order valence-corrected chi connectivity index (χ3v) is 18.5. The van der Waals surface area contributed by atoms with E-state index in [2.05, 4.69) is 60.6 Å². The number of allylic oxidation sites excluding steroid dienone is 2. The van der Waals surface area contributed by atoms with Crippen molar-refractivity contribution in [1.82, 2.24) is 0 Å². The number of carboxylic acids is 1. The van der Waals surface area contributed by atoms with Crippen LogP contribution in [0.3, 0.4) is 0 Å². The summed E-state index contributed by atoms with van der Waals surface area (Å²) in [4.78, 5) is 10.8. The molecule has 5 atom stereocenters. The van der Waals surface area contributed by atoms with Crippen molar-refractivity contribution in [3.8, 4) is 0 Å². The van der Waals surface area contributed by atoms with Crippen LogP contribution in [0.1, 0.15) is 99.8 Å². The van der Waals surface area contributed by atoms with Crippen LogP contribution in [0, 0.1) is 11.8 Å². The van der Waals surface area contributed by atoms with Gasteiger partial charge in [0.1, 0.15) is 0 Å². The minimum absolute atomic E-state index is 0.0658. The number of rotatable bonds is 20. The van der Waals surface area contributed by atoms with E-state index in [-0.39, 0.29) is 36.6 Å². The molecule has 5 nitrogen and oxygen atoms in total. The van der Waals surface area contributed by atoms with E-state index in [1.165, 1.54) is 0 Å². The molecule has 0 unspecified atom stereocenters. The molecule has 1 saturated carbocycles. The van der Waals surface area contributed by atoms with Crippen molar-refractivity contribution in [1.29, 1.82) is 0 Å². The number of carboxylic acid groups (broad SMARTS) is 1. The fourth-order valence-corrected chi connectivity index (χ4v) is 12.0. The molecule has 0 aromatic rings. The van der Waals surface area contributed by atoms with Gasteiger partial charge in [0, 0.05) is 12.3 Å². The molecule has 0 spiro atoms. The van der Waals surface area contributed by atoms with Gasteiger partial charge in [0.15, 0.2) is 16.6 Å². The van der Waals surface area contributed by atoms with Crippen LogP contribution in [0.2, 0.25) is 36.3 Å². The zero-order valence-corrected chi connectivity index (χ0v) is 26.6. The fraction of sp³-hybridized carbons (Fsp3) is 0.897. The molecule has 212 valence electrons. The lowest BCUT2D eigenvalue weighted by Crippen LogP contribution is -2.48. The molecule has 1 aliphatic carbocycles. The summed E-state index contributed by atoms with van der Waals surface area (Å²) < 4.78 is 14.4. The maximum Gasteiger partial charge on any atom is 0.303 e. The van der Waals surface area contributed by atoms with Gasteiger partial charge in [-0.2, -0.15) is 0 Å². The van der Waals surface area contributed by atoms with Crippen LogP contribution in [-0.2, 0) is 13.6 Å². The molecule has 1 rings (SSSR count). The van der Waals surface area contributed by atoms with Crippen molar-refractivity contribution < 1.29 is 23.9 Å². The van der Waals surface area contributed by atoms with Crippen LogP contribution in [0.25, 0.3) is 0 Å². The predicted octanol–water partition coefficient (Wildman–Crippen LogP) is 8.16. The first-order valence-corrected chi connectivity index (χ1v) is 20.2. The Morgan fingerprint density at radius 1 is 0.917 bits per heavy atom. The van der Waals surface area contributed by atoms with E-state index in [0.717, 1.165) is 68.4 Å². The van der Waals surface area contributed by atoms with Gasteiger partial charge in [0.25, 0.3) is 0 Å². The van der Waals surface area contributed by atoms with Crippen molar-refractivity contribution in [3.63, 3.8) is 0 Å². The van der Waals surface area contributed by atoms with Gasteiger partial charge in [-0.1, -0.05) is 73.5 Å². The zero-order chi connectivity index (χ0) is 27.2. The first kappa shape index (κ1) is 33.6. The molecule has 0 aliphatic heterocycles. The number of aliphatic carboxylic acids is 1. The largest absolute Gasteiger partial charge is 0.481 e. The third-order valence-electron chi connectivity index (χ3n) is 9.17. The molecule has 0 heterocycles. The minimum atomic E-state index is -1.83. The van der Waals surface area contributed by atoms with Gasteiger partial charge >= 0.3 is 5.97 Å². The van der Waals surface area contributed by atoms with E-state index < -0.39 is 22.6 Å². The third kappa shape index (κ3) is 9.68. The van der Waals surface area contributed by atoms with Crippen molar-refractivity contribution in [3.05, 3.63) is 12.2 Å². The molecule has 0 aromatic carbocycles. The Balaban J connectivity index is 3.29. The van der Waals surface area contributed by atoms with E-state index in [1.54, 1.807) is 0 Å². The Morgan fingerprint density at radius 2 is 1.50 bits per heavy atom. The Hall–Kier alpha value is -0.476. The second kappa shape index (κ2) is 17.2. The fourth-order valence-electron chi connectivity index (χ4n) is 6.18. The van der Waals surface area contributed by atoms with E-state index in [1.807, 2.05) is 0 Å². The SMILES string of the molecule is CCCC[C@@H](O[Si](CC)(CC)CC)[C@H]1[C@@H](CC=CCCCC(=O)O)[C@@H](O)C[C@H]1O[Si](CC)(CC)CC. The topological polar surface area (TPSA) is 76.0 Å². The molecule has 7 heteroatoms. The van der Waals surface area contributed by atoms with Crippen LogP contribution in [0.15, 0.2) is 12.2 Å². The lowest BCUT2D eigenvalue weighted by Gasteiger charge is -2.42. The Morgan fingerprint density at radius 3 is 2.00 bits per heavy atom. The summed E-state index contributed by atoms with van der Waals surface area (Å²) in [6.07, 6.45) is 10.6. The lowest BCUT2D eigenvalue weighted by molar-refractivity contribution is -0.137. The number of hydrogen-bond donors (Lipinski definition) is 2. The standard InChI is InChI=1S/C29H58O5Si2/c1-8-15-21-26(33-35(9-2,10-3)11-4)29-24(20-18-16-17-19-22-28(31)32)25(30)23-27(29)34-36(12-5,13-6)14-7/h16,18,24-27,29-30H,8-15,17,19-23H2,1-7H3,(H,31,32)/t24-,25-,26+,27+,29+/m0/s1. The summed E-state index contributed by atoms with van der Waals surface area (Å²) in [5.41, 5.74) is 0. The van der Waals surface area contributed by atoms with Gasteiger partial charge in [-0.15, -0.1) is 0 Å². The first-order valence-electron chi connectivity index (χ1n) is 15.1. The van der Waals surface area contributed by atoms with Crippen LogP contribution in [0.4, 0.5) is 0 Å². The summed E-state index contributed by atoms with van der Waals surface area (Å²) in [6.45, 7) is 16.0. The molecule has 1 fully saturated rings. The molecule has 0 amide bonds. The summed E-state index contributed by atoms with van der Waals surface area (Å²) >= 11 is 0. The van der Waals surface area contributed by atoms with Gasteiger partial charge in [-0.25, -0.2) is 0 Å². The quantitative estimate of drug-likeness (QED) is 0.0922. The molecular formula is C29H58O5Si2. The Labute approximate surface area is 224 Å². The van der Waals surface area contributed by atoms with E-state index in [9.17, 15) is 9.90 Å². The minimum Gasteiger partial charge on any atom is -0.481 e. The lowest BCUT2D eigenvalue weighted by atomic mass is 9.84. The predicted molar refractivity (Wildman–Crippen MR) is 157 cm³/mol. The molecular weight excluding hydrogens is 484 g/mol. The normalized spacial score (nSPS) is 24.0. The van der Waals surface area contributed by atoms with Crippen LogP contribution in [-0.4, -0.2) is 51.1 Å². The molecule has 0 aromatic heterocycles. The van der Waals surface area contributed by atoms with Crippen LogP contribution < -0.4 is 0 Å². The highest BCUT2D eigenvalue weighted by Crippen LogP contribution is 2.45. The second-order valence-corrected chi connectivity index (χ2v) is 20.4.